The van der Waals surface area contributed by atoms with Crippen LogP contribution >= 0.6 is 11.3 Å². The molecule has 0 saturated heterocycles. The molecule has 0 spiro atoms. The number of nitrogens with one attached hydrogen (secondary N) is 3. The number of carbonyl (C=O) groups is 1. The minimum atomic E-state index is -0.611. The molecule has 148 valence electrons. The summed E-state index contributed by atoms with van der Waals surface area (Å²) in [5.41, 5.74) is 6.13. The maximum atomic E-state index is 13.2. The number of hydrogen-bond acceptors (Lipinski definition) is 8. The third kappa shape index (κ3) is 3.55. The number of rotatable bonds is 2. The number of aromatic nitrogens is 3. The van der Waals surface area contributed by atoms with E-state index in [4.69, 9.17) is 0 Å². The highest BCUT2D eigenvalue weighted by molar-refractivity contribution is 7.21. The first-order valence-corrected chi connectivity index (χ1v) is 9.71. The molecule has 10 heteroatoms. The standard InChI is InChI=1S/C18H13FN6OS.CH5N/c19-12-7-14(23-8-22-12)25-13-4-1-9-10(24-13)2-3-11-15(9)16-17(27-11)18(26)21-6-5-20-16;1-2/h1-4,7-8,20H,5-6H2,(H,21,26)(H,22,23,24,25);2H2,1H3. The van der Waals surface area contributed by atoms with Crippen molar-refractivity contribution in [3.8, 4) is 0 Å². The lowest BCUT2D eigenvalue weighted by Crippen LogP contribution is -2.24. The topological polar surface area (TPSA) is 118 Å². The van der Waals surface area contributed by atoms with Crippen molar-refractivity contribution in [3.05, 3.63) is 47.5 Å². The molecule has 1 aliphatic heterocycles. The Balaban J connectivity index is 0.000000994. The Morgan fingerprint density at radius 2 is 1.93 bits per heavy atom. The minimum absolute atomic E-state index is 0.0543. The number of benzene rings is 1. The van der Waals surface area contributed by atoms with Gasteiger partial charge < -0.3 is 21.7 Å². The summed E-state index contributed by atoms with van der Waals surface area (Å²) in [6.45, 7) is 1.27. The second-order valence-electron chi connectivity index (χ2n) is 6.04. The largest absolute Gasteiger partial charge is 0.381 e. The van der Waals surface area contributed by atoms with E-state index < -0.39 is 5.95 Å². The zero-order valence-corrected chi connectivity index (χ0v) is 16.3. The molecule has 0 atom stereocenters. The van der Waals surface area contributed by atoms with Crippen LogP contribution in [0, 0.1) is 5.95 Å². The predicted molar refractivity (Wildman–Crippen MR) is 113 cm³/mol. The number of nitrogens with two attached hydrogens (primary N) is 1. The SMILES string of the molecule is CN.O=C1NCCNc2c1sc1ccc3nc(Nc4cc(F)ncn4)ccc3c21. The molecule has 1 aliphatic rings. The van der Waals surface area contributed by atoms with Crippen LogP contribution in [0.1, 0.15) is 9.67 Å². The van der Waals surface area contributed by atoms with Crippen molar-refractivity contribution >= 4 is 55.6 Å². The number of hydrogen-bond donors (Lipinski definition) is 4. The van der Waals surface area contributed by atoms with Gasteiger partial charge in [0.2, 0.25) is 5.95 Å². The van der Waals surface area contributed by atoms with Gasteiger partial charge in [-0.3, -0.25) is 4.79 Å². The minimum Gasteiger partial charge on any atom is -0.381 e. The molecule has 0 fully saturated rings. The number of nitrogens with zero attached hydrogens (tertiary/aromatic N) is 3. The Kier molecular flexibility index (Phi) is 5.19. The Labute approximate surface area is 169 Å². The van der Waals surface area contributed by atoms with E-state index in [0.29, 0.717) is 29.6 Å². The molecule has 4 heterocycles. The van der Waals surface area contributed by atoms with Gasteiger partial charge in [-0.1, -0.05) is 0 Å². The van der Waals surface area contributed by atoms with Crippen LogP contribution in [0.15, 0.2) is 36.7 Å². The lowest BCUT2D eigenvalue weighted by molar-refractivity contribution is 0.0962. The van der Waals surface area contributed by atoms with Crippen molar-refractivity contribution in [3.63, 3.8) is 0 Å². The predicted octanol–water partition coefficient (Wildman–Crippen LogP) is 2.85. The second kappa shape index (κ2) is 7.94. The van der Waals surface area contributed by atoms with Gasteiger partial charge in [0.25, 0.3) is 5.91 Å². The number of carbonyl (C=O) groups excluding carboxylic acids is 1. The van der Waals surface area contributed by atoms with E-state index in [1.54, 1.807) is 0 Å². The molecule has 1 aromatic carbocycles. The molecule has 0 unspecified atom stereocenters. The van der Waals surface area contributed by atoms with Crippen molar-refractivity contribution in [2.24, 2.45) is 5.73 Å². The van der Waals surface area contributed by atoms with Crippen LogP contribution in [0.2, 0.25) is 0 Å². The van der Waals surface area contributed by atoms with Gasteiger partial charge in [0, 0.05) is 34.6 Å². The van der Waals surface area contributed by atoms with E-state index in [2.05, 4.69) is 36.6 Å². The number of halogens is 1. The quantitative estimate of drug-likeness (QED) is 0.375. The highest BCUT2D eigenvalue weighted by atomic mass is 32.1. The fourth-order valence-electron chi connectivity index (χ4n) is 3.18. The lowest BCUT2D eigenvalue weighted by atomic mass is 10.1. The number of anilines is 3. The van der Waals surface area contributed by atoms with Crippen LogP contribution in [0.5, 0.6) is 0 Å². The van der Waals surface area contributed by atoms with Gasteiger partial charge in [0.05, 0.1) is 11.2 Å². The third-order valence-electron chi connectivity index (χ3n) is 4.33. The normalized spacial score (nSPS) is 13.0. The molecule has 1 amide bonds. The number of thiophene rings is 1. The highest BCUT2D eigenvalue weighted by Gasteiger charge is 2.22. The first kappa shape index (κ1) is 19.0. The van der Waals surface area contributed by atoms with Crippen molar-refractivity contribution in [2.45, 2.75) is 0 Å². The molecule has 3 aromatic heterocycles. The second-order valence-corrected chi connectivity index (χ2v) is 7.09. The summed E-state index contributed by atoms with van der Waals surface area (Å²) in [6.07, 6.45) is 1.15. The van der Waals surface area contributed by atoms with Gasteiger partial charge >= 0.3 is 0 Å². The summed E-state index contributed by atoms with van der Waals surface area (Å²) < 4.78 is 14.3. The monoisotopic (exact) mass is 411 g/mol. The molecule has 0 saturated carbocycles. The fraction of sp³-hybridized carbons (Fsp3) is 0.158. The van der Waals surface area contributed by atoms with Crippen molar-refractivity contribution in [1.29, 1.82) is 0 Å². The summed E-state index contributed by atoms with van der Waals surface area (Å²) >= 11 is 1.47. The number of fused-ring (bicyclic) bond motifs is 5. The molecular formula is C19H18FN7OS. The summed E-state index contributed by atoms with van der Waals surface area (Å²) in [6, 6.07) is 8.84. The summed E-state index contributed by atoms with van der Waals surface area (Å²) in [4.78, 5) is 25.0. The molecule has 8 nitrogen and oxygen atoms in total. The van der Waals surface area contributed by atoms with Crippen molar-refractivity contribution in [2.75, 3.05) is 30.8 Å². The number of pyridine rings is 1. The van der Waals surface area contributed by atoms with Crippen LogP contribution in [-0.4, -0.2) is 41.0 Å². The van der Waals surface area contributed by atoms with Gasteiger partial charge in [-0.25, -0.2) is 15.0 Å². The Morgan fingerprint density at radius 1 is 1.10 bits per heavy atom. The number of amides is 1. The Morgan fingerprint density at radius 3 is 2.76 bits per heavy atom. The van der Waals surface area contributed by atoms with Crippen molar-refractivity contribution in [1.82, 2.24) is 20.3 Å². The molecule has 0 radical (unpaired) electrons. The average molecular weight is 411 g/mol. The lowest BCUT2D eigenvalue weighted by Gasteiger charge is -2.08. The van der Waals surface area contributed by atoms with E-state index in [9.17, 15) is 9.18 Å². The maximum absolute atomic E-state index is 13.2. The van der Waals surface area contributed by atoms with Crippen LogP contribution < -0.4 is 21.7 Å². The van der Waals surface area contributed by atoms with Gasteiger partial charge in [0.1, 0.15) is 22.8 Å². The Hall–Kier alpha value is -3.37. The van der Waals surface area contributed by atoms with Crippen LogP contribution in [0.4, 0.5) is 21.7 Å². The van der Waals surface area contributed by atoms with Crippen molar-refractivity contribution < 1.29 is 9.18 Å². The maximum Gasteiger partial charge on any atom is 0.263 e. The molecule has 5 rings (SSSR count). The summed E-state index contributed by atoms with van der Waals surface area (Å²) in [5, 5.41) is 11.2. The molecule has 0 bridgehead atoms. The zero-order chi connectivity index (χ0) is 20.4. The summed E-state index contributed by atoms with van der Waals surface area (Å²) in [7, 11) is 1.50. The summed E-state index contributed by atoms with van der Waals surface area (Å²) in [5.74, 6) is 0.215. The van der Waals surface area contributed by atoms with E-state index >= 15 is 0 Å². The first-order chi connectivity index (χ1) is 14.2. The highest BCUT2D eigenvalue weighted by Crippen LogP contribution is 2.40. The van der Waals surface area contributed by atoms with E-state index in [0.717, 1.165) is 33.0 Å². The van der Waals surface area contributed by atoms with Gasteiger partial charge in [-0.15, -0.1) is 11.3 Å². The van der Waals surface area contributed by atoms with E-state index in [-0.39, 0.29) is 5.91 Å². The zero-order valence-electron chi connectivity index (χ0n) is 15.5. The van der Waals surface area contributed by atoms with Gasteiger partial charge in [0.15, 0.2) is 0 Å². The molecular weight excluding hydrogens is 393 g/mol. The first-order valence-electron chi connectivity index (χ1n) is 8.90. The van der Waals surface area contributed by atoms with E-state index in [1.807, 2.05) is 24.3 Å². The molecule has 0 aliphatic carbocycles. The van der Waals surface area contributed by atoms with Gasteiger partial charge in [-0.2, -0.15) is 4.39 Å². The molecule has 5 N–H and O–H groups in total. The fourth-order valence-corrected chi connectivity index (χ4v) is 4.29. The smallest absolute Gasteiger partial charge is 0.263 e. The van der Waals surface area contributed by atoms with Crippen LogP contribution in [-0.2, 0) is 0 Å². The average Bonchev–Trinajstić information content (AvgIpc) is 3.02. The Bertz CT molecular complexity index is 1210. The molecule has 29 heavy (non-hydrogen) atoms. The molecule has 4 aromatic rings. The third-order valence-corrected chi connectivity index (χ3v) is 5.48. The van der Waals surface area contributed by atoms with E-state index in [1.165, 1.54) is 24.5 Å². The van der Waals surface area contributed by atoms with Crippen LogP contribution in [0.25, 0.3) is 21.0 Å². The van der Waals surface area contributed by atoms with Crippen LogP contribution in [0.3, 0.4) is 0 Å². The van der Waals surface area contributed by atoms with Gasteiger partial charge in [-0.05, 0) is 31.3 Å².